The molecule has 0 radical (unpaired) electrons. The first-order valence-corrected chi connectivity index (χ1v) is 6.80. The summed E-state index contributed by atoms with van der Waals surface area (Å²) in [4.78, 5) is 4.48. The fourth-order valence-electron chi connectivity index (χ4n) is 2.14. The number of furan rings is 1. The summed E-state index contributed by atoms with van der Waals surface area (Å²) in [6.07, 6.45) is 1.67. The van der Waals surface area contributed by atoms with Gasteiger partial charge in [-0.3, -0.25) is 0 Å². The highest BCUT2D eigenvalue weighted by Crippen LogP contribution is 2.29. The Bertz CT molecular complexity index is 702. The Labute approximate surface area is 117 Å². The quantitative estimate of drug-likeness (QED) is 0.772. The van der Waals surface area contributed by atoms with Crippen molar-refractivity contribution in [3.63, 3.8) is 0 Å². The van der Waals surface area contributed by atoms with E-state index in [1.165, 1.54) is 0 Å². The van der Waals surface area contributed by atoms with Crippen LogP contribution in [-0.4, -0.2) is 23.2 Å². The molecular formula is C15H17N3O2. The fourth-order valence-corrected chi connectivity index (χ4v) is 2.14. The van der Waals surface area contributed by atoms with Gasteiger partial charge in [-0.1, -0.05) is 37.2 Å². The summed E-state index contributed by atoms with van der Waals surface area (Å²) < 4.78 is 10.9. The maximum Gasteiger partial charge on any atom is 0.231 e. The fraction of sp³-hybridized carbons (Fsp3) is 0.333. The van der Waals surface area contributed by atoms with E-state index in [4.69, 9.17) is 8.94 Å². The summed E-state index contributed by atoms with van der Waals surface area (Å²) in [5.74, 6) is 1.41. The molecule has 0 aliphatic carbocycles. The molecule has 1 unspecified atom stereocenters. The lowest BCUT2D eigenvalue weighted by Gasteiger charge is -2.05. The number of aromatic nitrogens is 2. The average molecular weight is 271 g/mol. The molecule has 0 fully saturated rings. The van der Waals surface area contributed by atoms with E-state index in [2.05, 4.69) is 29.3 Å². The zero-order valence-electron chi connectivity index (χ0n) is 11.6. The number of fused-ring (bicyclic) bond motifs is 1. The number of hydrogen-bond donors (Lipinski definition) is 1. The molecule has 104 valence electrons. The first kappa shape index (κ1) is 12.9. The van der Waals surface area contributed by atoms with Gasteiger partial charge in [0.15, 0.2) is 0 Å². The van der Waals surface area contributed by atoms with Gasteiger partial charge in [0, 0.05) is 17.8 Å². The largest absolute Gasteiger partial charge is 0.464 e. The van der Waals surface area contributed by atoms with Gasteiger partial charge < -0.3 is 14.3 Å². The molecule has 5 nitrogen and oxygen atoms in total. The molecule has 0 saturated heterocycles. The van der Waals surface area contributed by atoms with E-state index in [-0.39, 0.29) is 5.92 Å². The standard InChI is InChI=1S/C15H17N3O2/c1-3-16-8-10(2)15-17-14(18-20-15)12-9-19-13-7-5-4-6-11(12)13/h4-7,9-10,16H,3,8H2,1-2H3. The van der Waals surface area contributed by atoms with Crippen molar-refractivity contribution in [3.8, 4) is 11.4 Å². The number of nitrogens with zero attached hydrogens (tertiary/aromatic N) is 2. The first-order chi connectivity index (χ1) is 9.79. The van der Waals surface area contributed by atoms with E-state index in [1.54, 1.807) is 6.26 Å². The second kappa shape index (κ2) is 5.46. The molecule has 0 spiro atoms. The van der Waals surface area contributed by atoms with Crippen molar-refractivity contribution in [2.75, 3.05) is 13.1 Å². The third-order valence-electron chi connectivity index (χ3n) is 3.29. The van der Waals surface area contributed by atoms with Crippen molar-refractivity contribution in [2.45, 2.75) is 19.8 Å². The number of benzene rings is 1. The maximum absolute atomic E-state index is 5.50. The number of hydrogen-bond acceptors (Lipinski definition) is 5. The van der Waals surface area contributed by atoms with Crippen LogP contribution in [0.3, 0.4) is 0 Å². The lowest BCUT2D eigenvalue weighted by Crippen LogP contribution is -2.19. The predicted molar refractivity (Wildman–Crippen MR) is 76.5 cm³/mol. The van der Waals surface area contributed by atoms with Gasteiger partial charge in [0.25, 0.3) is 0 Å². The van der Waals surface area contributed by atoms with E-state index in [0.717, 1.165) is 29.6 Å². The molecule has 20 heavy (non-hydrogen) atoms. The maximum atomic E-state index is 5.50. The molecule has 5 heteroatoms. The van der Waals surface area contributed by atoms with Gasteiger partial charge in [-0.15, -0.1) is 0 Å². The predicted octanol–water partition coefficient (Wildman–Crippen LogP) is 3.20. The molecule has 0 bridgehead atoms. The van der Waals surface area contributed by atoms with Gasteiger partial charge in [-0.05, 0) is 12.6 Å². The number of nitrogens with one attached hydrogen (secondary N) is 1. The Morgan fingerprint density at radius 3 is 3.00 bits per heavy atom. The second-order valence-electron chi connectivity index (χ2n) is 4.81. The van der Waals surface area contributed by atoms with E-state index < -0.39 is 0 Å². The molecule has 0 amide bonds. The first-order valence-electron chi connectivity index (χ1n) is 6.80. The van der Waals surface area contributed by atoms with Crippen molar-refractivity contribution < 1.29 is 8.94 Å². The van der Waals surface area contributed by atoms with E-state index in [9.17, 15) is 0 Å². The Kier molecular flexibility index (Phi) is 3.52. The normalized spacial score (nSPS) is 12.9. The zero-order chi connectivity index (χ0) is 13.9. The Balaban J connectivity index is 1.90. The Morgan fingerprint density at radius 1 is 1.30 bits per heavy atom. The molecule has 3 aromatic rings. The second-order valence-corrected chi connectivity index (χ2v) is 4.81. The van der Waals surface area contributed by atoms with Crippen LogP contribution in [-0.2, 0) is 0 Å². The molecule has 0 aliphatic rings. The summed E-state index contributed by atoms with van der Waals surface area (Å²) in [6, 6.07) is 7.83. The summed E-state index contributed by atoms with van der Waals surface area (Å²) in [5.41, 5.74) is 1.70. The van der Waals surface area contributed by atoms with Crippen LogP contribution in [0.5, 0.6) is 0 Å². The third kappa shape index (κ3) is 2.32. The molecule has 3 rings (SSSR count). The topological polar surface area (TPSA) is 64.1 Å². The van der Waals surface area contributed by atoms with Crippen molar-refractivity contribution in [1.29, 1.82) is 0 Å². The number of para-hydroxylation sites is 1. The molecule has 2 aromatic heterocycles. The SMILES string of the molecule is CCNCC(C)c1nc(-c2coc3ccccc23)no1. The van der Waals surface area contributed by atoms with Crippen molar-refractivity contribution >= 4 is 11.0 Å². The molecule has 0 aliphatic heterocycles. The molecule has 1 atom stereocenters. The van der Waals surface area contributed by atoms with E-state index in [1.807, 2.05) is 24.3 Å². The average Bonchev–Trinajstić information content (AvgIpc) is 3.10. The van der Waals surface area contributed by atoms with Gasteiger partial charge in [-0.25, -0.2) is 0 Å². The van der Waals surface area contributed by atoms with E-state index >= 15 is 0 Å². The number of likely N-dealkylation sites (N-methyl/N-ethyl adjacent to an activating group) is 1. The minimum absolute atomic E-state index is 0.189. The Morgan fingerprint density at radius 2 is 2.15 bits per heavy atom. The van der Waals surface area contributed by atoms with Gasteiger partial charge in [0.2, 0.25) is 11.7 Å². The third-order valence-corrected chi connectivity index (χ3v) is 3.29. The Hall–Kier alpha value is -2.14. The van der Waals surface area contributed by atoms with Crippen LogP contribution in [0.4, 0.5) is 0 Å². The van der Waals surface area contributed by atoms with Crippen LogP contribution in [0.1, 0.15) is 25.7 Å². The highest BCUT2D eigenvalue weighted by molar-refractivity contribution is 5.91. The van der Waals surface area contributed by atoms with Crippen LogP contribution in [0.2, 0.25) is 0 Å². The smallest absolute Gasteiger partial charge is 0.231 e. The van der Waals surface area contributed by atoms with Gasteiger partial charge in [0.1, 0.15) is 11.8 Å². The lowest BCUT2D eigenvalue weighted by molar-refractivity contribution is 0.355. The molecular weight excluding hydrogens is 254 g/mol. The van der Waals surface area contributed by atoms with Crippen molar-refractivity contribution in [1.82, 2.24) is 15.5 Å². The molecule has 2 heterocycles. The van der Waals surface area contributed by atoms with Crippen LogP contribution in [0, 0.1) is 0 Å². The number of rotatable bonds is 5. The summed E-state index contributed by atoms with van der Waals surface area (Å²) in [5, 5.41) is 8.34. The van der Waals surface area contributed by atoms with Crippen LogP contribution < -0.4 is 5.32 Å². The van der Waals surface area contributed by atoms with Gasteiger partial charge in [0.05, 0.1) is 5.56 Å². The summed E-state index contributed by atoms with van der Waals surface area (Å²) in [7, 11) is 0. The molecule has 1 aromatic carbocycles. The minimum Gasteiger partial charge on any atom is -0.464 e. The van der Waals surface area contributed by atoms with Crippen LogP contribution in [0.15, 0.2) is 39.5 Å². The molecule has 0 saturated carbocycles. The summed E-state index contributed by atoms with van der Waals surface area (Å²) in [6.45, 7) is 5.89. The van der Waals surface area contributed by atoms with Crippen molar-refractivity contribution in [3.05, 3.63) is 36.4 Å². The highest BCUT2D eigenvalue weighted by Gasteiger charge is 2.17. The summed E-state index contributed by atoms with van der Waals surface area (Å²) >= 11 is 0. The monoisotopic (exact) mass is 271 g/mol. The van der Waals surface area contributed by atoms with E-state index in [0.29, 0.717) is 11.7 Å². The zero-order valence-corrected chi connectivity index (χ0v) is 11.6. The van der Waals surface area contributed by atoms with Crippen molar-refractivity contribution in [2.24, 2.45) is 0 Å². The van der Waals surface area contributed by atoms with Gasteiger partial charge >= 0.3 is 0 Å². The van der Waals surface area contributed by atoms with Crippen LogP contribution in [0.25, 0.3) is 22.4 Å². The minimum atomic E-state index is 0.189. The van der Waals surface area contributed by atoms with Gasteiger partial charge in [-0.2, -0.15) is 4.98 Å². The lowest BCUT2D eigenvalue weighted by atomic mass is 10.1. The molecule has 1 N–H and O–H groups in total. The van der Waals surface area contributed by atoms with Crippen LogP contribution >= 0.6 is 0 Å². The highest BCUT2D eigenvalue weighted by atomic mass is 16.5.